The van der Waals surface area contributed by atoms with Gasteiger partial charge in [0.05, 0.1) is 0 Å². The second-order valence-corrected chi connectivity index (χ2v) is 2.93. The second kappa shape index (κ2) is 3.81. The fourth-order valence-electron chi connectivity index (χ4n) is 0.947. The van der Waals surface area contributed by atoms with Crippen molar-refractivity contribution >= 4 is 6.08 Å². The van der Waals surface area contributed by atoms with Gasteiger partial charge in [-0.3, -0.25) is 0 Å². The summed E-state index contributed by atoms with van der Waals surface area (Å²) in [4.78, 5) is 3.67. The molecule has 0 aromatic carbocycles. The van der Waals surface area contributed by atoms with Gasteiger partial charge in [-0.15, -0.1) is 0 Å². The predicted molar refractivity (Wildman–Crippen MR) is 48.2 cm³/mol. The Morgan fingerprint density at radius 1 is 1.62 bits per heavy atom. The van der Waals surface area contributed by atoms with Gasteiger partial charge in [0.25, 0.3) is 0 Å². The summed E-state index contributed by atoms with van der Waals surface area (Å²) in [5.41, 5.74) is 1.58. The Labute approximate surface area is 76.3 Å². The lowest BCUT2D eigenvalue weighted by Crippen LogP contribution is -1.89. The fourth-order valence-corrected chi connectivity index (χ4v) is 0.947. The van der Waals surface area contributed by atoms with Crippen molar-refractivity contribution in [3.63, 3.8) is 0 Å². The van der Waals surface area contributed by atoms with E-state index >= 15 is 0 Å². The molecule has 0 atom stereocenters. The molecule has 0 spiro atoms. The van der Waals surface area contributed by atoms with Gasteiger partial charge in [-0.25, -0.2) is 9.37 Å². The largest absolute Gasteiger partial charge is 0.242 e. The van der Waals surface area contributed by atoms with Crippen LogP contribution in [0.3, 0.4) is 0 Å². The van der Waals surface area contributed by atoms with Crippen molar-refractivity contribution in [3.8, 4) is 6.07 Å². The molecule has 0 radical (unpaired) electrons. The van der Waals surface area contributed by atoms with Gasteiger partial charge in [-0.2, -0.15) is 5.26 Å². The van der Waals surface area contributed by atoms with Crippen LogP contribution in [-0.2, 0) is 0 Å². The van der Waals surface area contributed by atoms with Crippen LogP contribution in [0.4, 0.5) is 4.39 Å². The first-order valence-corrected chi connectivity index (χ1v) is 3.84. The third-order valence-corrected chi connectivity index (χ3v) is 1.42. The second-order valence-electron chi connectivity index (χ2n) is 2.93. The number of nitrogens with zero attached hydrogens (tertiary/aromatic N) is 2. The molecule has 0 amide bonds. The third kappa shape index (κ3) is 2.38. The highest BCUT2D eigenvalue weighted by molar-refractivity contribution is 5.51. The average molecular weight is 176 g/mol. The Balaban J connectivity index is 3.12. The number of allylic oxidation sites excluding steroid dienone is 1. The lowest BCUT2D eigenvalue weighted by atomic mass is 10.2. The van der Waals surface area contributed by atoms with Crippen LogP contribution in [-0.4, -0.2) is 4.98 Å². The van der Waals surface area contributed by atoms with Gasteiger partial charge in [0.1, 0.15) is 6.07 Å². The van der Waals surface area contributed by atoms with E-state index in [1.54, 1.807) is 12.1 Å². The summed E-state index contributed by atoms with van der Waals surface area (Å²) < 4.78 is 13.0. The van der Waals surface area contributed by atoms with Crippen molar-refractivity contribution in [2.45, 2.75) is 13.8 Å². The molecule has 0 bridgehead atoms. The molecule has 3 heteroatoms. The maximum atomic E-state index is 13.0. The summed E-state index contributed by atoms with van der Waals surface area (Å²) in [5, 5.41) is 8.42. The van der Waals surface area contributed by atoms with Crippen molar-refractivity contribution < 1.29 is 4.39 Å². The minimum atomic E-state index is -0.572. The first kappa shape index (κ1) is 9.40. The normalized spacial score (nSPS) is 9.08. The van der Waals surface area contributed by atoms with E-state index < -0.39 is 5.82 Å². The van der Waals surface area contributed by atoms with E-state index in [-0.39, 0.29) is 5.69 Å². The van der Waals surface area contributed by atoms with E-state index in [0.29, 0.717) is 5.56 Å². The third-order valence-electron chi connectivity index (χ3n) is 1.42. The molecule has 2 nitrogen and oxygen atoms in total. The lowest BCUT2D eigenvalue weighted by Gasteiger charge is -1.96. The minimum absolute atomic E-state index is 0.161. The highest BCUT2D eigenvalue weighted by Crippen LogP contribution is 2.09. The molecule has 1 aromatic rings. The predicted octanol–water partition coefficient (Wildman–Crippen LogP) is 2.52. The molecule has 13 heavy (non-hydrogen) atoms. The van der Waals surface area contributed by atoms with E-state index in [1.165, 1.54) is 12.3 Å². The summed E-state index contributed by atoms with van der Waals surface area (Å²) >= 11 is 0. The van der Waals surface area contributed by atoms with Crippen LogP contribution in [0.15, 0.2) is 17.8 Å². The molecule has 66 valence electrons. The maximum Gasteiger partial charge on any atom is 0.176 e. The molecule has 0 aliphatic rings. The molecular formula is C10H9FN2. The summed E-state index contributed by atoms with van der Waals surface area (Å²) in [6, 6.07) is 2.97. The smallest absolute Gasteiger partial charge is 0.176 e. The van der Waals surface area contributed by atoms with Gasteiger partial charge >= 0.3 is 0 Å². The van der Waals surface area contributed by atoms with Gasteiger partial charge in [-0.1, -0.05) is 11.6 Å². The van der Waals surface area contributed by atoms with Crippen LogP contribution in [0.5, 0.6) is 0 Å². The molecule has 1 aromatic heterocycles. The molecular weight excluding hydrogens is 167 g/mol. The average Bonchev–Trinajstić information content (AvgIpc) is 2.03. The Kier molecular flexibility index (Phi) is 2.76. The highest BCUT2D eigenvalue weighted by atomic mass is 19.1. The summed E-state index contributed by atoms with van der Waals surface area (Å²) in [6.07, 6.45) is 3.28. The van der Waals surface area contributed by atoms with Crippen molar-refractivity contribution in [2.75, 3.05) is 0 Å². The van der Waals surface area contributed by atoms with Crippen LogP contribution < -0.4 is 0 Å². The van der Waals surface area contributed by atoms with E-state index in [2.05, 4.69) is 4.98 Å². The lowest BCUT2D eigenvalue weighted by molar-refractivity contribution is 0.616. The Morgan fingerprint density at radius 2 is 2.31 bits per heavy atom. The SMILES string of the molecule is CC(C)=Cc1cnc(C#N)c(F)c1. The summed E-state index contributed by atoms with van der Waals surface area (Å²) in [7, 11) is 0. The van der Waals surface area contributed by atoms with Crippen LogP contribution in [0.25, 0.3) is 6.08 Å². The number of hydrogen-bond acceptors (Lipinski definition) is 2. The zero-order valence-corrected chi connectivity index (χ0v) is 7.50. The minimum Gasteiger partial charge on any atom is -0.242 e. The molecule has 0 fully saturated rings. The summed E-state index contributed by atoms with van der Waals surface area (Å²) in [5.74, 6) is -0.572. The maximum absolute atomic E-state index is 13.0. The van der Waals surface area contributed by atoms with Gasteiger partial charge < -0.3 is 0 Å². The van der Waals surface area contributed by atoms with Crippen molar-refractivity contribution in [1.82, 2.24) is 4.98 Å². The monoisotopic (exact) mass is 176 g/mol. The van der Waals surface area contributed by atoms with E-state index in [0.717, 1.165) is 5.57 Å². The number of pyridine rings is 1. The first-order valence-electron chi connectivity index (χ1n) is 3.84. The molecule has 0 saturated heterocycles. The van der Waals surface area contributed by atoms with Crippen molar-refractivity contribution in [1.29, 1.82) is 5.26 Å². The van der Waals surface area contributed by atoms with E-state index in [4.69, 9.17) is 5.26 Å². The highest BCUT2D eigenvalue weighted by Gasteiger charge is 2.01. The first-order chi connectivity index (χ1) is 6.13. The summed E-state index contributed by atoms with van der Waals surface area (Å²) in [6.45, 7) is 3.83. The van der Waals surface area contributed by atoms with E-state index in [9.17, 15) is 4.39 Å². The molecule has 0 N–H and O–H groups in total. The fraction of sp³-hybridized carbons (Fsp3) is 0.200. The Morgan fingerprint density at radius 3 is 2.77 bits per heavy atom. The number of halogens is 1. The van der Waals surface area contributed by atoms with Gasteiger partial charge in [0.2, 0.25) is 0 Å². The molecule has 1 heterocycles. The van der Waals surface area contributed by atoms with Crippen LogP contribution >= 0.6 is 0 Å². The Hall–Kier alpha value is -1.69. The van der Waals surface area contributed by atoms with Crippen molar-refractivity contribution in [2.24, 2.45) is 0 Å². The topological polar surface area (TPSA) is 36.7 Å². The number of rotatable bonds is 1. The van der Waals surface area contributed by atoms with Gasteiger partial charge in [0.15, 0.2) is 11.5 Å². The van der Waals surface area contributed by atoms with E-state index in [1.807, 2.05) is 13.8 Å². The van der Waals surface area contributed by atoms with Gasteiger partial charge in [0, 0.05) is 6.20 Å². The van der Waals surface area contributed by atoms with Crippen LogP contribution in [0.1, 0.15) is 25.1 Å². The standard InChI is InChI=1S/C10H9FN2/c1-7(2)3-8-4-9(11)10(5-12)13-6-8/h3-4,6H,1-2H3. The molecule has 0 saturated carbocycles. The number of nitriles is 1. The van der Waals surface area contributed by atoms with Crippen LogP contribution in [0, 0.1) is 17.1 Å². The molecule has 1 rings (SSSR count). The van der Waals surface area contributed by atoms with Gasteiger partial charge in [-0.05, 0) is 25.5 Å². The van der Waals surface area contributed by atoms with Crippen LogP contribution in [0.2, 0.25) is 0 Å². The molecule has 0 aliphatic carbocycles. The number of hydrogen-bond donors (Lipinski definition) is 0. The molecule has 0 aliphatic heterocycles. The zero-order chi connectivity index (χ0) is 9.84. The molecule has 0 unspecified atom stereocenters. The van der Waals surface area contributed by atoms with Crippen molar-refractivity contribution in [3.05, 3.63) is 34.9 Å². The number of aromatic nitrogens is 1. The quantitative estimate of drug-likeness (QED) is 0.659. The Bertz CT molecular complexity index is 384. The zero-order valence-electron chi connectivity index (χ0n) is 7.50.